The van der Waals surface area contributed by atoms with Crippen LogP contribution in [0, 0.1) is 5.92 Å². The Labute approximate surface area is 453 Å². The van der Waals surface area contributed by atoms with Gasteiger partial charge in [-0.05, 0) is 101 Å². The zero-order valence-corrected chi connectivity index (χ0v) is 43.6. The fourth-order valence-corrected chi connectivity index (χ4v) is 11.8. The number of nitrogens with zero attached hydrogens (tertiary/aromatic N) is 9. The van der Waals surface area contributed by atoms with Crippen molar-refractivity contribution in [1.82, 2.24) is 39.2 Å². The number of nitrogen functional groups attached to an aromatic ring is 1. The third-order valence-corrected chi connectivity index (χ3v) is 16.0. The number of nitrogens with two attached hydrogens (primary N) is 1. The highest BCUT2D eigenvalue weighted by atomic mass is 79.9. The molecule has 0 radical (unpaired) electrons. The topological polar surface area (TPSA) is 199 Å². The fourth-order valence-electron chi connectivity index (χ4n) is 9.67. The maximum Gasteiger partial charge on any atom is 0.308 e. The van der Waals surface area contributed by atoms with Crippen molar-refractivity contribution in [3.8, 4) is 44.8 Å². The van der Waals surface area contributed by atoms with Crippen LogP contribution in [0.2, 0.25) is 0 Å². The van der Waals surface area contributed by atoms with E-state index in [0.29, 0.717) is 63.0 Å². The van der Waals surface area contributed by atoms with E-state index in [2.05, 4.69) is 52.0 Å². The molecule has 6 aromatic heterocycles. The molecule has 0 amide bonds. The molecule has 74 heavy (non-hydrogen) atoms. The molecule has 6 heterocycles. The number of carboxylic acids is 1. The Morgan fingerprint density at radius 3 is 1.68 bits per heavy atom. The average Bonchev–Trinajstić information content (AvgIpc) is 4.04. The van der Waals surface area contributed by atoms with Gasteiger partial charge in [0.25, 0.3) is 0 Å². The molecule has 0 spiro atoms. The Kier molecular flexibility index (Phi) is 18.5. The van der Waals surface area contributed by atoms with E-state index >= 15 is 0 Å². The van der Waals surface area contributed by atoms with E-state index in [1.54, 1.807) is 23.1 Å². The van der Waals surface area contributed by atoms with Crippen molar-refractivity contribution >= 4 is 91.4 Å². The molecule has 2 aromatic carbocycles. The largest absolute Gasteiger partial charge is 0.481 e. The van der Waals surface area contributed by atoms with Crippen molar-refractivity contribution in [3.05, 3.63) is 130 Å². The third-order valence-electron chi connectivity index (χ3n) is 13.5. The number of carbonyl (C=O) groups is 2. The second kappa shape index (κ2) is 24.6. The van der Waals surface area contributed by atoms with Gasteiger partial charge in [0.15, 0.2) is 41.8 Å². The maximum absolute atomic E-state index is 13.8. The van der Waals surface area contributed by atoms with Gasteiger partial charge in [-0.1, -0.05) is 87.6 Å². The normalized spacial score (nSPS) is 18.4. The third kappa shape index (κ3) is 11.9. The smallest absolute Gasteiger partial charge is 0.308 e. The van der Waals surface area contributed by atoms with Gasteiger partial charge in [0, 0.05) is 64.0 Å². The number of rotatable bonds is 13. The van der Waals surface area contributed by atoms with Gasteiger partial charge < -0.3 is 20.7 Å². The second-order valence-electron chi connectivity index (χ2n) is 18.0. The first-order valence-corrected chi connectivity index (χ1v) is 26.1. The van der Waals surface area contributed by atoms with Crippen LogP contribution in [0.4, 0.5) is 19.4 Å². The van der Waals surface area contributed by atoms with E-state index in [1.165, 1.54) is 11.6 Å². The van der Waals surface area contributed by atoms with E-state index in [4.69, 9.17) is 25.5 Å². The predicted octanol–water partition coefficient (Wildman–Crippen LogP) is 13.9. The van der Waals surface area contributed by atoms with Gasteiger partial charge in [-0.25, -0.2) is 9.97 Å². The SMILES string of the molecule is C.C.COC(=O)CC1(O)CCC(c2nc3c(-c4ccc(-c5ccccc5)nc4)cnn3c(N)c2Br)CC1.O=C(O)CC1CCC(c2nc3c(-c4ccc(-c5ccccc5)nc4)cnn3c(N(SF)SF)c2Br)CC1. The number of benzene rings is 2. The molecule has 2 fully saturated rings. The van der Waals surface area contributed by atoms with Crippen LogP contribution in [0.15, 0.2) is 119 Å². The summed E-state index contributed by atoms with van der Waals surface area (Å²) in [4.78, 5) is 42.0. The van der Waals surface area contributed by atoms with Crippen LogP contribution in [0.5, 0.6) is 0 Å². The maximum atomic E-state index is 13.8. The molecule has 0 unspecified atom stereocenters. The molecule has 388 valence electrons. The van der Waals surface area contributed by atoms with Crippen molar-refractivity contribution in [3.63, 3.8) is 0 Å². The number of carbonyl (C=O) groups excluding carboxylic acids is 1. The van der Waals surface area contributed by atoms with Crippen LogP contribution >= 0.6 is 56.5 Å². The van der Waals surface area contributed by atoms with Gasteiger partial charge in [-0.2, -0.15) is 22.9 Å². The Hall–Kier alpha value is -6.00. The molecule has 0 saturated heterocycles. The number of anilines is 2. The number of methoxy groups -OCH3 is 1. The number of carboxylic acid groups (broad SMARTS) is 1. The number of ether oxygens (including phenoxy) is 1. The van der Waals surface area contributed by atoms with Gasteiger partial charge >= 0.3 is 11.9 Å². The molecule has 8 aromatic rings. The Bertz CT molecular complexity index is 3190. The summed E-state index contributed by atoms with van der Waals surface area (Å²) in [5.74, 6) is -0.302. The van der Waals surface area contributed by atoms with Crippen molar-refractivity contribution in [2.75, 3.05) is 16.6 Å². The number of esters is 1. The molecule has 2 aliphatic rings. The number of aliphatic hydroxyl groups is 1. The zero-order valence-electron chi connectivity index (χ0n) is 38.7. The molecule has 21 heteroatoms. The highest BCUT2D eigenvalue weighted by molar-refractivity contribution is 9.11. The van der Waals surface area contributed by atoms with Gasteiger partial charge in [0.1, 0.15) is 5.82 Å². The number of halogens is 4. The summed E-state index contributed by atoms with van der Waals surface area (Å²) in [6.07, 6.45) is 12.4. The quantitative estimate of drug-likeness (QED) is 0.0727. The number of pyridine rings is 2. The van der Waals surface area contributed by atoms with E-state index in [9.17, 15) is 22.5 Å². The van der Waals surface area contributed by atoms with Crippen LogP contribution in [0.3, 0.4) is 0 Å². The molecule has 15 nitrogen and oxygen atoms in total. The van der Waals surface area contributed by atoms with Crippen LogP contribution in [0.1, 0.15) is 102 Å². The monoisotopic (exact) mass is 1170 g/mol. The number of hydrogen-bond acceptors (Lipinski definition) is 14. The van der Waals surface area contributed by atoms with Crippen molar-refractivity contribution in [2.45, 2.75) is 96.5 Å². The van der Waals surface area contributed by atoms with Gasteiger partial charge in [0.05, 0.1) is 63.2 Å². The summed E-state index contributed by atoms with van der Waals surface area (Å²) in [6, 6.07) is 27.7. The predicted molar refractivity (Wildman–Crippen MR) is 296 cm³/mol. The first-order valence-electron chi connectivity index (χ1n) is 23.2. The van der Waals surface area contributed by atoms with Crippen molar-refractivity contribution < 1.29 is 32.3 Å². The number of aliphatic carboxylic acids is 1. The number of fused-ring (bicyclic) bond motifs is 2. The van der Waals surface area contributed by atoms with E-state index in [0.717, 1.165) is 74.3 Å². The fraction of sp³-hybridized carbons (Fsp3) is 0.321. The first kappa shape index (κ1) is 55.7. The summed E-state index contributed by atoms with van der Waals surface area (Å²) in [5.41, 5.74) is 15.0. The molecule has 0 atom stereocenters. The molecular formula is C53H56Br2F2N10O5S2. The molecular weight excluding hydrogens is 1120 g/mol. The summed E-state index contributed by atoms with van der Waals surface area (Å²) in [7, 11) is 1.34. The standard InChI is InChI=1S/C26H26BrN5O3.C25H22BrF2N5O2S2.2CH4/c1-35-21(33)13-26(34)11-9-17(10-12-26)23-22(27)24(28)32-25(31-23)19(15-30-32)18-7-8-20(29-14-18)16-5-3-2-4-6-16;26-22-23(17-8-6-15(7-9-17)12-21(34)35)31-24-19(14-30-32(24)25(22)33(36-27)37-28)18-10-11-20(29-13-18)16-4-2-1-3-5-16;;/h2-8,14-15,17,34H,9-13,28H2,1H3;1-5,10-11,13-15,17H,6-9,12H2,(H,34,35);2*1H4. The Balaban J connectivity index is 0.000000211. The van der Waals surface area contributed by atoms with Crippen LogP contribution in [-0.4, -0.2) is 74.0 Å². The lowest BCUT2D eigenvalue weighted by atomic mass is 9.76. The van der Waals surface area contributed by atoms with Gasteiger partial charge in [-0.15, -0.1) is 7.77 Å². The molecule has 10 rings (SSSR count). The van der Waals surface area contributed by atoms with Gasteiger partial charge in [0.2, 0.25) is 0 Å². The van der Waals surface area contributed by atoms with E-state index in [-0.39, 0.29) is 75.9 Å². The minimum Gasteiger partial charge on any atom is -0.481 e. The van der Waals surface area contributed by atoms with E-state index in [1.807, 2.05) is 91.1 Å². The molecule has 4 N–H and O–H groups in total. The lowest BCUT2D eigenvalue weighted by Gasteiger charge is -2.35. The summed E-state index contributed by atoms with van der Waals surface area (Å²) in [6.45, 7) is 0. The lowest BCUT2D eigenvalue weighted by Crippen LogP contribution is -2.36. The van der Waals surface area contributed by atoms with Crippen LogP contribution in [-0.2, 0) is 14.3 Å². The highest BCUT2D eigenvalue weighted by Crippen LogP contribution is 2.47. The summed E-state index contributed by atoms with van der Waals surface area (Å²) < 4.78 is 37.3. The molecule has 0 bridgehead atoms. The minimum atomic E-state index is -1.04. The Morgan fingerprint density at radius 1 is 0.716 bits per heavy atom. The van der Waals surface area contributed by atoms with Gasteiger partial charge in [-0.3, -0.25) is 19.6 Å². The summed E-state index contributed by atoms with van der Waals surface area (Å²) in [5, 5.41) is 28.8. The summed E-state index contributed by atoms with van der Waals surface area (Å²) >= 11 is 6.65. The Morgan fingerprint density at radius 2 is 1.20 bits per heavy atom. The number of hydrogen-bond donors (Lipinski definition) is 3. The highest BCUT2D eigenvalue weighted by Gasteiger charge is 2.38. The molecule has 2 saturated carbocycles. The van der Waals surface area contributed by atoms with E-state index < -0.39 is 17.5 Å². The second-order valence-corrected chi connectivity index (χ2v) is 20.8. The molecule has 0 aliphatic heterocycles. The molecule has 2 aliphatic carbocycles. The average molecular weight is 1180 g/mol. The minimum absolute atomic E-state index is 0. The first-order chi connectivity index (χ1) is 34.9. The lowest BCUT2D eigenvalue weighted by molar-refractivity contribution is -0.147. The van der Waals surface area contributed by atoms with Crippen LogP contribution < -0.4 is 9.44 Å². The van der Waals surface area contributed by atoms with Crippen LogP contribution in [0.25, 0.3) is 56.1 Å². The van der Waals surface area contributed by atoms with Crippen molar-refractivity contribution in [2.24, 2.45) is 5.92 Å². The zero-order chi connectivity index (χ0) is 50.5. The number of aromatic nitrogens is 8. The van der Waals surface area contributed by atoms with Crippen molar-refractivity contribution in [1.29, 1.82) is 0 Å².